The van der Waals surface area contributed by atoms with Crippen LogP contribution in [0, 0.1) is 6.92 Å². The van der Waals surface area contributed by atoms with Gasteiger partial charge in [-0.15, -0.1) is 0 Å². The highest BCUT2D eigenvalue weighted by Gasteiger charge is 2.17. The first kappa shape index (κ1) is 23.7. The molecule has 36 heavy (non-hydrogen) atoms. The van der Waals surface area contributed by atoms with Gasteiger partial charge in [-0.05, 0) is 55.7 Å². The number of rotatable bonds is 6. The maximum atomic E-state index is 12.7. The molecule has 0 spiro atoms. The highest BCUT2D eigenvalue weighted by Crippen LogP contribution is 2.28. The summed E-state index contributed by atoms with van der Waals surface area (Å²) in [6.45, 7) is 5.74. The van der Waals surface area contributed by atoms with Crippen molar-refractivity contribution in [3.8, 4) is 22.8 Å². The van der Waals surface area contributed by atoms with Crippen molar-refractivity contribution in [1.29, 1.82) is 0 Å². The lowest BCUT2D eigenvalue weighted by Crippen LogP contribution is -2.32. The number of nitrogens with one attached hydrogen (secondary N) is 1. The van der Waals surface area contributed by atoms with Crippen molar-refractivity contribution in [3.05, 3.63) is 48.3 Å². The third kappa shape index (κ3) is 5.15. The van der Waals surface area contributed by atoms with Gasteiger partial charge in [0.25, 0.3) is 5.89 Å². The molecule has 0 radical (unpaired) electrons. The van der Waals surface area contributed by atoms with Crippen molar-refractivity contribution in [3.63, 3.8) is 0 Å². The Kier molecular flexibility index (Phi) is 6.79. The van der Waals surface area contributed by atoms with Crippen LogP contribution in [0.3, 0.4) is 0 Å². The summed E-state index contributed by atoms with van der Waals surface area (Å²) < 4.78 is 7.53. The van der Waals surface area contributed by atoms with E-state index >= 15 is 0 Å². The Morgan fingerprint density at radius 1 is 1.03 bits per heavy atom. The predicted octanol–water partition coefficient (Wildman–Crippen LogP) is 4.81. The normalized spacial score (nSPS) is 14.1. The topological polar surface area (TPSA) is 106 Å². The van der Waals surface area contributed by atoms with E-state index in [1.165, 1.54) is 19.8 Å². The molecule has 9 heteroatoms. The quantitative estimate of drug-likeness (QED) is 0.419. The van der Waals surface area contributed by atoms with Crippen LogP contribution in [0.4, 0.5) is 5.69 Å². The minimum atomic E-state index is -0.138. The number of imidazole rings is 1. The highest BCUT2D eigenvalue weighted by atomic mass is 16.5. The number of carbonyl (C=O) groups excluding carboxylic acids is 2. The summed E-state index contributed by atoms with van der Waals surface area (Å²) in [5.41, 5.74) is 4.94. The van der Waals surface area contributed by atoms with Gasteiger partial charge < -0.3 is 19.3 Å². The second-order valence-electron chi connectivity index (χ2n) is 9.32. The molecule has 2 aromatic carbocycles. The average molecular weight is 487 g/mol. The van der Waals surface area contributed by atoms with Gasteiger partial charge in [0.2, 0.25) is 17.6 Å². The zero-order chi connectivity index (χ0) is 25.1. The number of carbonyl (C=O) groups is 2. The molecular formula is C27H30N6O3. The largest absolute Gasteiger partial charge is 0.343 e. The van der Waals surface area contributed by atoms with Crippen LogP contribution >= 0.6 is 0 Å². The number of amides is 2. The molecule has 5 rings (SSSR count). The van der Waals surface area contributed by atoms with Crippen LogP contribution in [-0.2, 0) is 16.1 Å². The van der Waals surface area contributed by atoms with Gasteiger partial charge in [-0.3, -0.25) is 9.59 Å². The summed E-state index contributed by atoms with van der Waals surface area (Å²) in [6.07, 6.45) is 6.87. The molecule has 0 bridgehead atoms. The summed E-state index contributed by atoms with van der Waals surface area (Å²) in [7, 11) is 0. The third-order valence-corrected chi connectivity index (χ3v) is 6.63. The van der Waals surface area contributed by atoms with Gasteiger partial charge in [0.15, 0.2) is 0 Å². The molecule has 1 N–H and O–H groups in total. The predicted molar refractivity (Wildman–Crippen MR) is 137 cm³/mol. The van der Waals surface area contributed by atoms with Crippen LogP contribution in [0.15, 0.2) is 47.2 Å². The van der Waals surface area contributed by atoms with Crippen molar-refractivity contribution < 1.29 is 14.1 Å². The molecule has 2 amide bonds. The Bertz CT molecular complexity index is 1400. The summed E-state index contributed by atoms with van der Waals surface area (Å²) in [4.78, 5) is 35.3. The zero-order valence-corrected chi connectivity index (χ0v) is 20.7. The summed E-state index contributed by atoms with van der Waals surface area (Å²) in [5, 5.41) is 6.97. The van der Waals surface area contributed by atoms with Gasteiger partial charge in [0, 0.05) is 49.8 Å². The summed E-state index contributed by atoms with van der Waals surface area (Å²) in [5.74, 6) is 0.904. The molecule has 0 saturated carbocycles. The molecule has 1 saturated heterocycles. The minimum Gasteiger partial charge on any atom is -0.343 e. The Balaban J connectivity index is 1.30. The van der Waals surface area contributed by atoms with E-state index in [0.717, 1.165) is 53.7 Å². The number of benzene rings is 2. The minimum absolute atomic E-state index is 0.138. The molecule has 0 atom stereocenters. The van der Waals surface area contributed by atoms with E-state index in [4.69, 9.17) is 4.52 Å². The molecule has 3 heterocycles. The fourth-order valence-electron chi connectivity index (χ4n) is 4.61. The number of nitrogens with zero attached hydrogens (tertiary/aromatic N) is 5. The highest BCUT2D eigenvalue weighted by molar-refractivity contribution is 5.90. The van der Waals surface area contributed by atoms with Crippen LogP contribution in [0.1, 0.15) is 44.6 Å². The van der Waals surface area contributed by atoms with E-state index in [-0.39, 0.29) is 11.8 Å². The van der Waals surface area contributed by atoms with Crippen molar-refractivity contribution in [2.45, 2.75) is 52.5 Å². The molecule has 1 aliphatic heterocycles. The van der Waals surface area contributed by atoms with Crippen LogP contribution < -0.4 is 5.32 Å². The third-order valence-electron chi connectivity index (χ3n) is 6.63. The van der Waals surface area contributed by atoms with E-state index in [9.17, 15) is 9.59 Å². The summed E-state index contributed by atoms with van der Waals surface area (Å²) in [6, 6.07) is 11.5. The maximum absolute atomic E-state index is 12.7. The molecular weight excluding hydrogens is 456 g/mol. The van der Waals surface area contributed by atoms with Gasteiger partial charge >= 0.3 is 0 Å². The van der Waals surface area contributed by atoms with Crippen molar-refractivity contribution in [1.82, 2.24) is 24.6 Å². The molecule has 1 aliphatic rings. The van der Waals surface area contributed by atoms with Crippen LogP contribution in [0.25, 0.3) is 33.9 Å². The van der Waals surface area contributed by atoms with Crippen LogP contribution in [0.5, 0.6) is 0 Å². The van der Waals surface area contributed by atoms with E-state index in [0.29, 0.717) is 30.4 Å². The first-order valence-corrected chi connectivity index (χ1v) is 12.4. The monoisotopic (exact) mass is 486 g/mol. The molecule has 0 aliphatic carbocycles. The Morgan fingerprint density at radius 3 is 2.58 bits per heavy atom. The van der Waals surface area contributed by atoms with Gasteiger partial charge in [-0.25, -0.2) is 4.98 Å². The van der Waals surface area contributed by atoms with E-state index in [1.54, 1.807) is 6.33 Å². The first-order valence-electron chi connectivity index (χ1n) is 12.4. The number of fused-ring (bicyclic) bond motifs is 1. The number of hydrogen-bond acceptors (Lipinski definition) is 6. The number of hydrogen-bond donors (Lipinski definition) is 1. The standard InChI is InChI=1S/C27H30N6O3/c1-18-7-8-21(16-22(18)29-19(2)34)27-30-26(31-36-27)20-9-10-24-23(15-20)28-17-33(24)14-11-25(35)32-12-5-3-4-6-13-32/h7-10,15-17H,3-6,11-14H2,1-2H3,(H,29,34). The summed E-state index contributed by atoms with van der Waals surface area (Å²) >= 11 is 0. The maximum Gasteiger partial charge on any atom is 0.258 e. The van der Waals surface area contributed by atoms with Gasteiger partial charge in [-0.1, -0.05) is 24.1 Å². The molecule has 0 unspecified atom stereocenters. The first-order chi connectivity index (χ1) is 17.5. The lowest BCUT2D eigenvalue weighted by atomic mass is 10.1. The smallest absolute Gasteiger partial charge is 0.258 e. The molecule has 4 aromatic rings. The van der Waals surface area contributed by atoms with E-state index < -0.39 is 0 Å². The van der Waals surface area contributed by atoms with Gasteiger partial charge in [0.05, 0.1) is 17.4 Å². The fourth-order valence-corrected chi connectivity index (χ4v) is 4.61. The van der Waals surface area contributed by atoms with Crippen LogP contribution in [-0.4, -0.2) is 49.5 Å². The van der Waals surface area contributed by atoms with Crippen molar-refractivity contribution in [2.24, 2.45) is 0 Å². The molecule has 186 valence electrons. The van der Waals surface area contributed by atoms with Gasteiger partial charge in [-0.2, -0.15) is 4.98 Å². The molecule has 9 nitrogen and oxygen atoms in total. The molecule has 2 aromatic heterocycles. The lowest BCUT2D eigenvalue weighted by Gasteiger charge is -2.20. The second-order valence-corrected chi connectivity index (χ2v) is 9.32. The van der Waals surface area contributed by atoms with Crippen LogP contribution in [0.2, 0.25) is 0 Å². The number of anilines is 1. The van der Waals surface area contributed by atoms with E-state index in [1.807, 2.05) is 52.8 Å². The lowest BCUT2D eigenvalue weighted by molar-refractivity contribution is -0.131. The fraction of sp³-hybridized carbons (Fsp3) is 0.370. The average Bonchev–Trinajstić information content (AvgIpc) is 3.42. The Labute approximate surface area is 209 Å². The van der Waals surface area contributed by atoms with Crippen molar-refractivity contribution in [2.75, 3.05) is 18.4 Å². The number of likely N-dealkylation sites (tertiary alicyclic amines) is 1. The Hall–Kier alpha value is -4.01. The molecule has 1 fully saturated rings. The van der Waals surface area contributed by atoms with Crippen molar-refractivity contribution >= 4 is 28.5 Å². The number of aromatic nitrogens is 4. The second kappa shape index (κ2) is 10.3. The number of aryl methyl sites for hydroxylation is 2. The van der Waals surface area contributed by atoms with E-state index in [2.05, 4.69) is 20.4 Å². The van der Waals surface area contributed by atoms with Gasteiger partial charge in [0.1, 0.15) is 0 Å². The SMILES string of the molecule is CC(=O)Nc1cc(-c2nc(-c3ccc4c(c3)ncn4CCC(=O)N3CCCCCC3)no2)ccc1C. The zero-order valence-electron chi connectivity index (χ0n) is 20.7. The Morgan fingerprint density at radius 2 is 1.81 bits per heavy atom.